The molecule has 0 aliphatic carbocycles. The third-order valence-electron chi connectivity index (χ3n) is 4.10. The second-order valence-corrected chi connectivity index (χ2v) is 6.67. The fourth-order valence-corrected chi connectivity index (χ4v) is 3.42. The van der Waals surface area contributed by atoms with Gasteiger partial charge in [-0.2, -0.15) is 4.98 Å². The number of benzene rings is 1. The van der Waals surface area contributed by atoms with Crippen molar-refractivity contribution in [3.63, 3.8) is 0 Å². The maximum atomic E-state index is 5.41. The second-order valence-electron chi connectivity index (χ2n) is 5.69. The molecule has 124 valence electrons. The molecule has 3 aromatic rings. The maximum absolute atomic E-state index is 5.41. The normalized spacial score (nSPS) is 14.3. The molecule has 1 aliphatic heterocycles. The molecule has 1 aromatic carbocycles. The average Bonchev–Trinajstić information content (AvgIpc) is 3.34. The molecule has 1 aliphatic rings. The van der Waals surface area contributed by atoms with Crippen LogP contribution < -0.4 is 9.47 Å². The average molecular weight is 343 g/mol. The number of hydrogen-bond acceptors (Lipinski definition) is 7. The van der Waals surface area contributed by atoms with Gasteiger partial charge in [0.15, 0.2) is 11.5 Å². The molecule has 0 amide bonds. The molecule has 3 heterocycles. The van der Waals surface area contributed by atoms with E-state index in [0.717, 1.165) is 11.3 Å². The van der Waals surface area contributed by atoms with Crippen molar-refractivity contribution in [2.75, 3.05) is 13.8 Å². The van der Waals surface area contributed by atoms with Crippen LogP contribution in [0, 0.1) is 0 Å². The van der Waals surface area contributed by atoms with Crippen molar-refractivity contribution < 1.29 is 14.0 Å². The molecule has 1 unspecified atom stereocenters. The van der Waals surface area contributed by atoms with Gasteiger partial charge < -0.3 is 14.0 Å². The van der Waals surface area contributed by atoms with Crippen molar-refractivity contribution in [2.45, 2.75) is 19.5 Å². The van der Waals surface area contributed by atoms with Crippen LogP contribution in [0.2, 0.25) is 0 Å². The van der Waals surface area contributed by atoms with E-state index in [-0.39, 0.29) is 6.79 Å². The van der Waals surface area contributed by atoms with Gasteiger partial charge >= 0.3 is 0 Å². The molecule has 4 rings (SSSR count). The summed E-state index contributed by atoms with van der Waals surface area (Å²) < 4.78 is 16.1. The van der Waals surface area contributed by atoms with Crippen molar-refractivity contribution in [1.82, 2.24) is 15.0 Å². The summed E-state index contributed by atoms with van der Waals surface area (Å²) >= 11 is 1.75. The molecule has 1 atom stereocenters. The molecule has 0 N–H and O–H groups in total. The van der Waals surface area contributed by atoms with E-state index in [2.05, 4.69) is 46.5 Å². The van der Waals surface area contributed by atoms with Crippen molar-refractivity contribution in [2.24, 2.45) is 0 Å². The van der Waals surface area contributed by atoms with E-state index in [1.54, 1.807) is 11.3 Å². The topological polar surface area (TPSA) is 60.6 Å². The Labute approximate surface area is 143 Å². The van der Waals surface area contributed by atoms with Gasteiger partial charge in [-0.25, -0.2) is 0 Å². The van der Waals surface area contributed by atoms with E-state index in [1.165, 1.54) is 4.88 Å². The summed E-state index contributed by atoms with van der Waals surface area (Å²) in [6, 6.07) is 10.1. The summed E-state index contributed by atoms with van der Waals surface area (Å²) in [5.74, 6) is 2.60. The summed E-state index contributed by atoms with van der Waals surface area (Å²) in [5.41, 5.74) is 0.850. The highest BCUT2D eigenvalue weighted by Crippen LogP contribution is 2.35. The zero-order valence-corrected chi connectivity index (χ0v) is 14.2. The highest BCUT2D eigenvalue weighted by Gasteiger charge is 2.19. The Hall–Kier alpha value is -2.38. The van der Waals surface area contributed by atoms with Gasteiger partial charge in [-0.05, 0) is 43.6 Å². The molecular weight excluding hydrogens is 326 g/mol. The van der Waals surface area contributed by atoms with Gasteiger partial charge in [-0.1, -0.05) is 11.2 Å². The van der Waals surface area contributed by atoms with E-state index in [4.69, 9.17) is 14.0 Å². The first-order valence-electron chi connectivity index (χ1n) is 7.67. The number of fused-ring (bicyclic) bond motifs is 1. The van der Waals surface area contributed by atoms with Crippen LogP contribution in [0.4, 0.5) is 0 Å². The van der Waals surface area contributed by atoms with Crippen LogP contribution in [0.5, 0.6) is 11.5 Å². The van der Waals surface area contributed by atoms with Gasteiger partial charge in [-0.15, -0.1) is 11.3 Å². The van der Waals surface area contributed by atoms with Gasteiger partial charge in [0.2, 0.25) is 18.5 Å². The van der Waals surface area contributed by atoms with E-state index >= 15 is 0 Å². The Morgan fingerprint density at radius 3 is 2.96 bits per heavy atom. The minimum absolute atomic E-state index is 0.252. The monoisotopic (exact) mass is 343 g/mol. The maximum Gasteiger partial charge on any atom is 0.241 e. The summed E-state index contributed by atoms with van der Waals surface area (Å²) in [4.78, 5) is 7.99. The lowest BCUT2D eigenvalue weighted by Gasteiger charge is -2.21. The van der Waals surface area contributed by atoms with Gasteiger partial charge in [0.1, 0.15) is 0 Å². The molecule has 0 fully saturated rings. The molecule has 0 spiro atoms. The standard InChI is InChI=1S/C17H17N3O3S/c1-11(15-4-3-7-24-15)20(2)9-16-18-17(19-23-16)12-5-6-13-14(8-12)22-10-21-13/h3-8,11H,9-10H2,1-2H3. The van der Waals surface area contributed by atoms with E-state index in [9.17, 15) is 0 Å². The molecule has 0 bridgehead atoms. The number of nitrogens with zero attached hydrogens (tertiary/aromatic N) is 3. The fourth-order valence-electron chi connectivity index (χ4n) is 2.57. The van der Waals surface area contributed by atoms with Crippen molar-refractivity contribution in [3.05, 3.63) is 46.5 Å². The third-order valence-corrected chi connectivity index (χ3v) is 5.14. The molecule has 7 heteroatoms. The second kappa shape index (κ2) is 6.26. The van der Waals surface area contributed by atoms with Crippen LogP contribution in [0.15, 0.2) is 40.2 Å². The minimum atomic E-state index is 0.252. The predicted octanol–water partition coefficient (Wildman–Crippen LogP) is 3.72. The summed E-state index contributed by atoms with van der Waals surface area (Å²) in [6.45, 7) is 3.01. The largest absolute Gasteiger partial charge is 0.454 e. The molecule has 6 nitrogen and oxygen atoms in total. The first-order chi connectivity index (χ1) is 11.7. The van der Waals surface area contributed by atoms with Gasteiger partial charge in [-0.3, -0.25) is 4.90 Å². The zero-order valence-electron chi connectivity index (χ0n) is 13.4. The van der Waals surface area contributed by atoms with Crippen molar-refractivity contribution >= 4 is 11.3 Å². The molecule has 2 aromatic heterocycles. The predicted molar refractivity (Wildman–Crippen MR) is 90.1 cm³/mol. The Balaban J connectivity index is 1.48. The highest BCUT2D eigenvalue weighted by atomic mass is 32.1. The lowest BCUT2D eigenvalue weighted by Crippen LogP contribution is -2.21. The number of thiophene rings is 1. The lowest BCUT2D eigenvalue weighted by molar-refractivity contribution is 0.174. The minimum Gasteiger partial charge on any atom is -0.454 e. The summed E-state index contributed by atoms with van der Waals surface area (Å²) in [5, 5.41) is 6.17. The fraction of sp³-hybridized carbons (Fsp3) is 0.294. The molecule has 0 saturated heterocycles. The molecule has 24 heavy (non-hydrogen) atoms. The van der Waals surface area contributed by atoms with Crippen LogP contribution >= 0.6 is 11.3 Å². The molecule has 0 saturated carbocycles. The first kappa shape index (κ1) is 15.2. The number of ether oxygens (including phenoxy) is 2. The van der Waals surface area contributed by atoms with E-state index in [1.807, 2.05) is 18.2 Å². The lowest BCUT2D eigenvalue weighted by atomic mass is 10.2. The van der Waals surface area contributed by atoms with Crippen LogP contribution in [0.25, 0.3) is 11.4 Å². The van der Waals surface area contributed by atoms with Crippen LogP contribution in [0.3, 0.4) is 0 Å². The quantitative estimate of drug-likeness (QED) is 0.704. The smallest absolute Gasteiger partial charge is 0.241 e. The number of aromatic nitrogens is 2. The Kier molecular flexibility index (Phi) is 3.95. The van der Waals surface area contributed by atoms with Crippen molar-refractivity contribution in [1.29, 1.82) is 0 Å². The Morgan fingerprint density at radius 1 is 1.25 bits per heavy atom. The van der Waals surface area contributed by atoms with E-state index < -0.39 is 0 Å². The number of hydrogen-bond donors (Lipinski definition) is 0. The SMILES string of the molecule is CC(c1cccs1)N(C)Cc1nc(-c2ccc3c(c2)OCO3)no1. The molecular formula is C17H17N3O3S. The summed E-state index contributed by atoms with van der Waals surface area (Å²) in [7, 11) is 2.05. The van der Waals surface area contributed by atoms with Gasteiger partial charge in [0, 0.05) is 16.5 Å². The van der Waals surface area contributed by atoms with Crippen molar-refractivity contribution in [3.8, 4) is 22.9 Å². The van der Waals surface area contributed by atoms with Crippen LogP contribution in [0.1, 0.15) is 23.7 Å². The molecule has 0 radical (unpaired) electrons. The van der Waals surface area contributed by atoms with Gasteiger partial charge in [0.25, 0.3) is 0 Å². The highest BCUT2D eigenvalue weighted by molar-refractivity contribution is 7.10. The first-order valence-corrected chi connectivity index (χ1v) is 8.55. The van der Waals surface area contributed by atoms with E-state index in [0.29, 0.717) is 30.1 Å². The number of rotatable bonds is 5. The zero-order chi connectivity index (χ0) is 16.5. The van der Waals surface area contributed by atoms with Gasteiger partial charge in [0.05, 0.1) is 6.54 Å². The Bertz CT molecular complexity index is 831. The van der Waals surface area contributed by atoms with Crippen LogP contribution in [-0.2, 0) is 6.54 Å². The van der Waals surface area contributed by atoms with Crippen LogP contribution in [-0.4, -0.2) is 28.9 Å². The Morgan fingerprint density at radius 2 is 2.12 bits per heavy atom. The summed E-state index contributed by atoms with van der Waals surface area (Å²) in [6.07, 6.45) is 0. The third kappa shape index (κ3) is 2.88.